The zero-order valence-electron chi connectivity index (χ0n) is 8.52. The van der Waals surface area contributed by atoms with Crippen LogP contribution in [0.2, 0.25) is 15.1 Å². The van der Waals surface area contributed by atoms with Crippen LogP contribution in [0.25, 0.3) is 0 Å². The van der Waals surface area contributed by atoms with E-state index in [-0.39, 0.29) is 12.5 Å². The molecule has 88 valence electrons. The molecule has 0 radical (unpaired) electrons. The van der Waals surface area contributed by atoms with Crippen LogP contribution < -0.4 is 5.32 Å². The quantitative estimate of drug-likeness (QED) is 0.857. The van der Waals surface area contributed by atoms with Crippen LogP contribution in [0.4, 0.5) is 5.69 Å². The summed E-state index contributed by atoms with van der Waals surface area (Å²) >= 11 is 17.6. The Hall–Kier alpha value is -0.640. The second kappa shape index (κ2) is 6.18. The highest BCUT2D eigenvalue weighted by Gasteiger charge is 2.09. The maximum atomic E-state index is 11.1. The van der Waals surface area contributed by atoms with Gasteiger partial charge in [-0.2, -0.15) is 0 Å². The molecule has 16 heavy (non-hydrogen) atoms. The van der Waals surface area contributed by atoms with Gasteiger partial charge in [0.2, 0.25) is 0 Å². The molecule has 1 aromatic carbocycles. The van der Waals surface area contributed by atoms with Crippen molar-refractivity contribution in [3.8, 4) is 0 Å². The molecule has 1 N–H and O–H groups in total. The average molecular weight is 283 g/mol. The molecule has 6 heteroatoms. The Morgan fingerprint density at radius 1 is 1.31 bits per heavy atom. The van der Waals surface area contributed by atoms with E-state index in [0.717, 1.165) is 0 Å². The van der Waals surface area contributed by atoms with Crippen molar-refractivity contribution in [3.05, 3.63) is 27.2 Å². The fourth-order valence-corrected chi connectivity index (χ4v) is 2.03. The van der Waals surface area contributed by atoms with E-state index in [1.807, 2.05) is 0 Å². The van der Waals surface area contributed by atoms with E-state index in [1.54, 1.807) is 19.1 Å². The second-order valence-electron chi connectivity index (χ2n) is 2.90. The molecule has 0 atom stereocenters. The normalized spacial score (nSPS) is 10.0. The highest BCUT2D eigenvalue weighted by Crippen LogP contribution is 2.33. The third-order valence-corrected chi connectivity index (χ3v) is 2.54. The minimum Gasteiger partial charge on any atom is -0.465 e. The van der Waals surface area contributed by atoms with Crippen LogP contribution in [0.1, 0.15) is 6.92 Å². The van der Waals surface area contributed by atoms with Crippen molar-refractivity contribution < 1.29 is 9.53 Å². The van der Waals surface area contributed by atoms with E-state index >= 15 is 0 Å². The number of rotatable bonds is 4. The molecule has 0 saturated carbocycles. The van der Waals surface area contributed by atoms with Gasteiger partial charge in [0.15, 0.2) is 0 Å². The van der Waals surface area contributed by atoms with Crippen LogP contribution in [-0.2, 0) is 9.53 Å². The highest BCUT2D eigenvalue weighted by molar-refractivity contribution is 6.41. The zero-order chi connectivity index (χ0) is 12.1. The van der Waals surface area contributed by atoms with Gasteiger partial charge in [0.1, 0.15) is 6.54 Å². The predicted octanol–water partition coefficient (Wildman–Crippen LogP) is 3.62. The Bertz CT molecular complexity index is 373. The van der Waals surface area contributed by atoms with E-state index in [9.17, 15) is 4.79 Å². The highest BCUT2D eigenvalue weighted by atomic mass is 35.5. The van der Waals surface area contributed by atoms with Crippen LogP contribution in [0.5, 0.6) is 0 Å². The summed E-state index contributed by atoms with van der Waals surface area (Å²) in [6.07, 6.45) is 0. The molecular weight excluding hydrogens is 272 g/mol. The van der Waals surface area contributed by atoms with Gasteiger partial charge >= 0.3 is 5.97 Å². The van der Waals surface area contributed by atoms with E-state index in [2.05, 4.69) is 5.32 Å². The van der Waals surface area contributed by atoms with Crippen LogP contribution in [0.3, 0.4) is 0 Å². The van der Waals surface area contributed by atoms with Gasteiger partial charge in [-0.3, -0.25) is 4.79 Å². The lowest BCUT2D eigenvalue weighted by Gasteiger charge is -2.10. The first-order valence-corrected chi connectivity index (χ1v) is 5.72. The summed E-state index contributed by atoms with van der Waals surface area (Å²) < 4.78 is 4.75. The van der Waals surface area contributed by atoms with Crippen molar-refractivity contribution in [2.45, 2.75) is 6.92 Å². The third kappa shape index (κ3) is 3.74. The summed E-state index contributed by atoms with van der Waals surface area (Å²) in [7, 11) is 0. The monoisotopic (exact) mass is 281 g/mol. The molecule has 0 unspecified atom stereocenters. The van der Waals surface area contributed by atoms with E-state index in [4.69, 9.17) is 39.5 Å². The average Bonchev–Trinajstić information content (AvgIpc) is 2.16. The summed E-state index contributed by atoms with van der Waals surface area (Å²) in [5, 5.41) is 3.96. The van der Waals surface area contributed by atoms with Crippen molar-refractivity contribution in [2.75, 3.05) is 18.5 Å². The Balaban J connectivity index is 2.70. The fraction of sp³-hybridized carbons (Fsp3) is 0.300. The van der Waals surface area contributed by atoms with Crippen molar-refractivity contribution in [1.82, 2.24) is 0 Å². The van der Waals surface area contributed by atoms with Crippen molar-refractivity contribution in [1.29, 1.82) is 0 Å². The minimum absolute atomic E-state index is 0.00884. The SMILES string of the molecule is CCOC(=O)CNc1c(Cl)cc(Cl)cc1Cl. The number of benzene rings is 1. The number of nitrogens with one attached hydrogen (secondary N) is 1. The van der Waals surface area contributed by atoms with Crippen LogP contribution >= 0.6 is 34.8 Å². The predicted molar refractivity (Wildman–Crippen MR) is 66.6 cm³/mol. The number of carbonyl (C=O) groups is 1. The largest absolute Gasteiger partial charge is 0.465 e. The van der Waals surface area contributed by atoms with Gasteiger partial charge in [-0.1, -0.05) is 34.8 Å². The number of carbonyl (C=O) groups excluding carboxylic acids is 1. The molecule has 0 bridgehead atoms. The first-order valence-electron chi connectivity index (χ1n) is 4.58. The van der Waals surface area contributed by atoms with E-state index < -0.39 is 0 Å². The number of esters is 1. The third-order valence-electron chi connectivity index (χ3n) is 1.72. The lowest BCUT2D eigenvalue weighted by molar-refractivity contribution is -0.140. The Kier molecular flexibility index (Phi) is 5.19. The molecule has 0 amide bonds. The molecule has 0 heterocycles. The van der Waals surface area contributed by atoms with E-state index in [1.165, 1.54) is 0 Å². The standard InChI is InChI=1S/C10H10Cl3NO2/c1-2-16-9(15)5-14-10-7(12)3-6(11)4-8(10)13/h3-4,14H,2,5H2,1H3. The Morgan fingerprint density at radius 2 is 1.88 bits per heavy atom. The first kappa shape index (κ1) is 13.4. The van der Waals surface area contributed by atoms with Gasteiger partial charge in [-0.15, -0.1) is 0 Å². The molecule has 0 aromatic heterocycles. The molecule has 0 aliphatic rings. The van der Waals surface area contributed by atoms with Gasteiger partial charge in [0, 0.05) is 5.02 Å². The topological polar surface area (TPSA) is 38.3 Å². The van der Waals surface area contributed by atoms with E-state index in [0.29, 0.717) is 27.4 Å². The van der Waals surface area contributed by atoms with Gasteiger partial charge in [-0.05, 0) is 19.1 Å². The molecule has 1 rings (SSSR count). The van der Waals surface area contributed by atoms with Crippen molar-refractivity contribution >= 4 is 46.5 Å². The Labute approximate surface area is 109 Å². The summed E-state index contributed by atoms with van der Waals surface area (Å²) in [6.45, 7) is 2.08. The van der Waals surface area contributed by atoms with Crippen LogP contribution in [-0.4, -0.2) is 19.1 Å². The molecule has 3 nitrogen and oxygen atoms in total. The van der Waals surface area contributed by atoms with Gasteiger partial charge in [0.05, 0.1) is 22.3 Å². The molecular formula is C10H10Cl3NO2. The second-order valence-corrected chi connectivity index (χ2v) is 4.15. The Morgan fingerprint density at radius 3 is 2.38 bits per heavy atom. The molecule has 0 aliphatic carbocycles. The van der Waals surface area contributed by atoms with Gasteiger partial charge < -0.3 is 10.1 Å². The van der Waals surface area contributed by atoms with Crippen molar-refractivity contribution in [3.63, 3.8) is 0 Å². The maximum absolute atomic E-state index is 11.1. The maximum Gasteiger partial charge on any atom is 0.325 e. The first-order chi connectivity index (χ1) is 7.54. The molecule has 0 fully saturated rings. The molecule has 0 aliphatic heterocycles. The van der Waals surface area contributed by atoms with Gasteiger partial charge in [0.25, 0.3) is 0 Å². The number of ether oxygens (including phenoxy) is 1. The van der Waals surface area contributed by atoms with Gasteiger partial charge in [-0.25, -0.2) is 0 Å². The number of halogens is 3. The summed E-state index contributed by atoms with van der Waals surface area (Å²) in [5.41, 5.74) is 0.473. The molecule has 0 spiro atoms. The smallest absolute Gasteiger partial charge is 0.325 e. The lowest BCUT2D eigenvalue weighted by Crippen LogP contribution is -2.17. The number of anilines is 1. The van der Waals surface area contributed by atoms with Crippen molar-refractivity contribution in [2.24, 2.45) is 0 Å². The summed E-state index contributed by atoms with van der Waals surface area (Å²) in [4.78, 5) is 11.1. The molecule has 0 saturated heterocycles. The fourth-order valence-electron chi connectivity index (χ4n) is 1.08. The lowest BCUT2D eigenvalue weighted by atomic mass is 10.3. The zero-order valence-corrected chi connectivity index (χ0v) is 10.8. The molecule has 1 aromatic rings. The minimum atomic E-state index is -0.371. The summed E-state index contributed by atoms with van der Waals surface area (Å²) in [6, 6.07) is 3.09. The summed E-state index contributed by atoms with van der Waals surface area (Å²) in [5.74, 6) is -0.371. The van der Waals surface area contributed by atoms with Crippen LogP contribution in [0.15, 0.2) is 12.1 Å². The van der Waals surface area contributed by atoms with Crippen LogP contribution in [0, 0.1) is 0 Å². The number of hydrogen-bond acceptors (Lipinski definition) is 3. The number of hydrogen-bond donors (Lipinski definition) is 1.